The molecule has 1 aliphatic carbocycles. The molecule has 2 rings (SSSR count). The molecular weight excluding hydrogens is 251 g/mol. The zero-order chi connectivity index (χ0) is 13.9. The van der Waals surface area contributed by atoms with Gasteiger partial charge in [0.25, 0.3) is 0 Å². The van der Waals surface area contributed by atoms with E-state index >= 15 is 0 Å². The first-order chi connectivity index (χ1) is 8.98. The first kappa shape index (κ1) is 14.4. The van der Waals surface area contributed by atoms with Gasteiger partial charge in [0.05, 0.1) is 5.92 Å². The van der Waals surface area contributed by atoms with Crippen LogP contribution in [0.1, 0.15) is 44.2 Å². The van der Waals surface area contributed by atoms with Crippen molar-refractivity contribution in [1.82, 2.24) is 5.32 Å². The summed E-state index contributed by atoms with van der Waals surface area (Å²) in [5.74, 6) is -1.20. The maximum atomic E-state index is 13.0. The summed E-state index contributed by atoms with van der Waals surface area (Å²) in [6.45, 7) is 1.93. The molecule has 0 aromatic heterocycles. The van der Waals surface area contributed by atoms with Gasteiger partial charge >= 0.3 is 6.18 Å². The maximum Gasteiger partial charge on any atom is 0.393 e. The molecule has 0 aliphatic heterocycles. The van der Waals surface area contributed by atoms with Crippen LogP contribution in [0.4, 0.5) is 13.2 Å². The molecule has 1 aromatic rings. The van der Waals surface area contributed by atoms with Gasteiger partial charge in [-0.15, -0.1) is 0 Å². The second-order valence-electron chi connectivity index (χ2n) is 5.34. The smallest absolute Gasteiger partial charge is 0.307 e. The van der Waals surface area contributed by atoms with Crippen molar-refractivity contribution in [3.63, 3.8) is 0 Å². The molecule has 0 heterocycles. The third-order valence-corrected chi connectivity index (χ3v) is 3.95. The van der Waals surface area contributed by atoms with Crippen molar-refractivity contribution in [1.29, 1.82) is 0 Å². The molecule has 1 aromatic carbocycles. The van der Waals surface area contributed by atoms with E-state index < -0.39 is 18.1 Å². The van der Waals surface area contributed by atoms with Crippen LogP contribution in [0.3, 0.4) is 0 Å². The lowest BCUT2D eigenvalue weighted by Gasteiger charge is -2.35. The molecule has 1 nitrogen and oxygen atoms in total. The number of hydrogen-bond acceptors (Lipinski definition) is 1. The summed E-state index contributed by atoms with van der Waals surface area (Å²) < 4.78 is 39.0. The van der Waals surface area contributed by atoms with Crippen LogP contribution < -0.4 is 5.32 Å². The van der Waals surface area contributed by atoms with E-state index in [-0.39, 0.29) is 12.5 Å². The average Bonchev–Trinajstić information content (AvgIpc) is 2.39. The van der Waals surface area contributed by atoms with Crippen LogP contribution in [0.25, 0.3) is 0 Å². The van der Waals surface area contributed by atoms with Gasteiger partial charge in [-0.2, -0.15) is 13.2 Å². The van der Waals surface area contributed by atoms with Gasteiger partial charge < -0.3 is 5.32 Å². The van der Waals surface area contributed by atoms with Crippen LogP contribution in [0.15, 0.2) is 30.3 Å². The Kier molecular flexibility index (Phi) is 4.50. The van der Waals surface area contributed by atoms with E-state index in [4.69, 9.17) is 0 Å². The summed E-state index contributed by atoms with van der Waals surface area (Å²) in [6, 6.07) is 9.13. The quantitative estimate of drug-likeness (QED) is 0.856. The molecule has 0 saturated heterocycles. The minimum atomic E-state index is -4.09. The largest absolute Gasteiger partial charge is 0.393 e. The monoisotopic (exact) mass is 271 g/mol. The molecule has 1 fully saturated rings. The lowest BCUT2D eigenvalue weighted by molar-refractivity contribution is -0.189. The molecule has 0 amide bonds. The van der Waals surface area contributed by atoms with Crippen molar-refractivity contribution in [2.75, 3.05) is 0 Å². The molecule has 0 bridgehead atoms. The highest BCUT2D eigenvalue weighted by Gasteiger charge is 2.45. The Balaban J connectivity index is 2.04. The van der Waals surface area contributed by atoms with Gasteiger partial charge in [0.1, 0.15) is 0 Å². The highest BCUT2D eigenvalue weighted by atomic mass is 19.4. The molecule has 19 heavy (non-hydrogen) atoms. The fourth-order valence-electron chi connectivity index (χ4n) is 2.88. The van der Waals surface area contributed by atoms with E-state index in [0.717, 1.165) is 12.0 Å². The van der Waals surface area contributed by atoms with Crippen LogP contribution in [0, 0.1) is 5.92 Å². The molecule has 106 valence electrons. The molecule has 0 radical (unpaired) electrons. The van der Waals surface area contributed by atoms with Gasteiger partial charge in [0, 0.05) is 12.1 Å². The number of nitrogens with one attached hydrogen (secondary N) is 1. The number of alkyl halides is 3. The van der Waals surface area contributed by atoms with E-state index in [1.54, 1.807) is 0 Å². The Hall–Kier alpha value is -1.03. The lowest BCUT2D eigenvalue weighted by atomic mass is 9.83. The number of halogens is 3. The molecule has 1 saturated carbocycles. The predicted octanol–water partition coefficient (Wildman–Crippen LogP) is 4.46. The molecular formula is C15H20F3N. The zero-order valence-electron chi connectivity index (χ0n) is 11.1. The van der Waals surface area contributed by atoms with E-state index in [0.29, 0.717) is 12.8 Å². The molecule has 1 N–H and O–H groups in total. The Morgan fingerprint density at radius 3 is 2.37 bits per heavy atom. The molecule has 0 spiro atoms. The molecule has 1 aliphatic rings. The number of rotatable bonds is 3. The zero-order valence-corrected chi connectivity index (χ0v) is 11.1. The van der Waals surface area contributed by atoms with E-state index in [2.05, 4.69) is 5.32 Å². The Morgan fingerprint density at radius 2 is 1.74 bits per heavy atom. The topological polar surface area (TPSA) is 12.0 Å². The van der Waals surface area contributed by atoms with Crippen molar-refractivity contribution in [3.8, 4) is 0 Å². The average molecular weight is 271 g/mol. The Morgan fingerprint density at radius 1 is 1.11 bits per heavy atom. The summed E-state index contributed by atoms with van der Waals surface area (Å²) in [5.41, 5.74) is 1.04. The fraction of sp³-hybridized carbons (Fsp3) is 0.600. The fourth-order valence-corrected chi connectivity index (χ4v) is 2.88. The van der Waals surface area contributed by atoms with Gasteiger partial charge in [-0.3, -0.25) is 0 Å². The Labute approximate surface area is 112 Å². The third-order valence-electron chi connectivity index (χ3n) is 3.95. The summed E-state index contributed by atoms with van der Waals surface area (Å²) in [4.78, 5) is 0. The standard InChI is InChI=1S/C15H20F3N/c1-11(12-7-3-2-4-8-12)19-14-10-6-5-9-13(14)15(16,17)18/h2-4,7-8,11,13-14,19H,5-6,9-10H2,1H3/t11-,13?,14?/m1/s1. The van der Waals surface area contributed by atoms with Crippen molar-refractivity contribution >= 4 is 0 Å². The van der Waals surface area contributed by atoms with Crippen molar-refractivity contribution < 1.29 is 13.2 Å². The van der Waals surface area contributed by atoms with Crippen LogP contribution in [0.5, 0.6) is 0 Å². The second-order valence-corrected chi connectivity index (χ2v) is 5.34. The van der Waals surface area contributed by atoms with E-state index in [9.17, 15) is 13.2 Å². The maximum absolute atomic E-state index is 13.0. The summed E-state index contributed by atoms with van der Waals surface area (Å²) in [7, 11) is 0. The minimum absolute atomic E-state index is 0.0471. The number of benzene rings is 1. The van der Waals surface area contributed by atoms with Gasteiger partial charge in [0.15, 0.2) is 0 Å². The highest BCUT2D eigenvalue weighted by Crippen LogP contribution is 2.38. The summed E-state index contributed by atoms with van der Waals surface area (Å²) in [6.07, 6.45) is -1.66. The second kappa shape index (κ2) is 5.95. The van der Waals surface area contributed by atoms with Crippen molar-refractivity contribution in [2.24, 2.45) is 5.92 Å². The Bertz CT molecular complexity index is 388. The van der Waals surface area contributed by atoms with Gasteiger partial charge in [-0.1, -0.05) is 43.2 Å². The minimum Gasteiger partial charge on any atom is -0.307 e. The lowest BCUT2D eigenvalue weighted by Crippen LogP contribution is -2.46. The van der Waals surface area contributed by atoms with E-state index in [1.165, 1.54) is 0 Å². The van der Waals surface area contributed by atoms with Crippen molar-refractivity contribution in [2.45, 2.75) is 50.9 Å². The van der Waals surface area contributed by atoms with Crippen molar-refractivity contribution in [3.05, 3.63) is 35.9 Å². The normalized spacial score (nSPS) is 26.1. The highest BCUT2D eigenvalue weighted by molar-refractivity contribution is 5.18. The van der Waals surface area contributed by atoms with Gasteiger partial charge in [0.2, 0.25) is 0 Å². The van der Waals surface area contributed by atoms with Gasteiger partial charge in [-0.25, -0.2) is 0 Å². The van der Waals surface area contributed by atoms with Crippen LogP contribution in [-0.2, 0) is 0 Å². The van der Waals surface area contributed by atoms with Crippen LogP contribution in [0.2, 0.25) is 0 Å². The number of hydrogen-bond donors (Lipinski definition) is 1. The first-order valence-electron chi connectivity index (χ1n) is 6.86. The first-order valence-corrected chi connectivity index (χ1v) is 6.86. The van der Waals surface area contributed by atoms with E-state index in [1.807, 2.05) is 37.3 Å². The molecule has 4 heteroatoms. The van der Waals surface area contributed by atoms with Gasteiger partial charge in [-0.05, 0) is 25.3 Å². The van der Waals surface area contributed by atoms with Crippen LogP contribution >= 0.6 is 0 Å². The van der Waals surface area contributed by atoms with Crippen LogP contribution in [-0.4, -0.2) is 12.2 Å². The predicted molar refractivity (Wildman–Crippen MR) is 69.8 cm³/mol. The SMILES string of the molecule is C[C@@H](NC1CCCCC1C(F)(F)F)c1ccccc1. The molecule has 2 unspecified atom stereocenters. The third kappa shape index (κ3) is 3.72. The summed E-state index contributed by atoms with van der Waals surface area (Å²) >= 11 is 0. The summed E-state index contributed by atoms with van der Waals surface area (Å²) in [5, 5.41) is 3.17. The molecule has 3 atom stereocenters.